The van der Waals surface area contributed by atoms with Gasteiger partial charge < -0.3 is 15.1 Å². The number of aryl methyl sites for hydroxylation is 1. The number of benzene rings is 1. The lowest BCUT2D eigenvalue weighted by atomic mass is 9.94. The molecule has 1 fully saturated rings. The number of aromatic carboxylic acids is 1. The molecule has 0 saturated carbocycles. The third-order valence-electron chi connectivity index (χ3n) is 3.48. The van der Waals surface area contributed by atoms with Crippen LogP contribution in [0.1, 0.15) is 35.7 Å². The van der Waals surface area contributed by atoms with E-state index in [4.69, 9.17) is 5.11 Å². The molecule has 0 aromatic heterocycles. The zero-order chi connectivity index (χ0) is 13.3. The Morgan fingerprint density at radius 2 is 2.17 bits per heavy atom. The van der Waals surface area contributed by atoms with Crippen molar-refractivity contribution < 1.29 is 15.0 Å². The van der Waals surface area contributed by atoms with E-state index in [-0.39, 0.29) is 0 Å². The lowest BCUT2D eigenvalue weighted by Crippen LogP contribution is -2.46. The number of rotatable bonds is 2. The van der Waals surface area contributed by atoms with Gasteiger partial charge in [0.15, 0.2) is 0 Å². The lowest BCUT2D eigenvalue weighted by molar-refractivity contribution is 0.0449. The van der Waals surface area contributed by atoms with Crippen LogP contribution in [0.25, 0.3) is 0 Å². The summed E-state index contributed by atoms with van der Waals surface area (Å²) >= 11 is 0. The number of β-amino-alcohol motifs (C(OH)–C–C–N with tert-alkyl or cyclic N) is 1. The molecule has 0 aliphatic carbocycles. The molecule has 0 bridgehead atoms. The van der Waals surface area contributed by atoms with Crippen molar-refractivity contribution in [2.45, 2.75) is 32.3 Å². The molecule has 0 spiro atoms. The van der Waals surface area contributed by atoms with Crippen LogP contribution in [0.2, 0.25) is 0 Å². The second kappa shape index (κ2) is 4.61. The van der Waals surface area contributed by atoms with E-state index in [0.29, 0.717) is 12.1 Å². The summed E-state index contributed by atoms with van der Waals surface area (Å²) in [5.41, 5.74) is 1.42. The summed E-state index contributed by atoms with van der Waals surface area (Å²) in [4.78, 5) is 13.1. The maximum Gasteiger partial charge on any atom is 0.335 e. The van der Waals surface area contributed by atoms with E-state index in [9.17, 15) is 9.90 Å². The molecule has 98 valence electrons. The summed E-state index contributed by atoms with van der Waals surface area (Å²) < 4.78 is 0. The Kier molecular flexibility index (Phi) is 3.30. The Hall–Kier alpha value is -1.55. The lowest BCUT2D eigenvalue weighted by Gasteiger charge is -2.38. The highest BCUT2D eigenvalue weighted by Crippen LogP contribution is 2.27. The van der Waals surface area contributed by atoms with Crippen molar-refractivity contribution >= 4 is 11.7 Å². The minimum atomic E-state index is -0.898. The quantitative estimate of drug-likeness (QED) is 0.842. The molecule has 1 unspecified atom stereocenters. The molecule has 1 aliphatic heterocycles. The van der Waals surface area contributed by atoms with Gasteiger partial charge in [-0.05, 0) is 50.5 Å². The normalized spacial score (nSPS) is 24.1. The van der Waals surface area contributed by atoms with Gasteiger partial charge in [0.2, 0.25) is 0 Å². The zero-order valence-electron chi connectivity index (χ0n) is 10.8. The molecule has 1 aliphatic rings. The second-order valence-electron chi connectivity index (χ2n) is 5.33. The van der Waals surface area contributed by atoms with Crippen molar-refractivity contribution in [1.29, 1.82) is 0 Å². The van der Waals surface area contributed by atoms with Crippen LogP contribution in [0.3, 0.4) is 0 Å². The van der Waals surface area contributed by atoms with Crippen LogP contribution in [0, 0.1) is 6.92 Å². The van der Waals surface area contributed by atoms with Crippen LogP contribution in [0.5, 0.6) is 0 Å². The summed E-state index contributed by atoms with van der Waals surface area (Å²) in [6.07, 6.45) is 1.77. The van der Waals surface area contributed by atoms with Gasteiger partial charge in [0.1, 0.15) is 0 Å². The van der Waals surface area contributed by atoms with Crippen LogP contribution in [-0.2, 0) is 0 Å². The minimum Gasteiger partial charge on any atom is -0.478 e. The van der Waals surface area contributed by atoms with E-state index in [1.807, 2.05) is 19.1 Å². The van der Waals surface area contributed by atoms with Gasteiger partial charge in [0.05, 0.1) is 11.2 Å². The number of piperidine rings is 1. The summed E-state index contributed by atoms with van der Waals surface area (Å²) in [5, 5.41) is 19.1. The topological polar surface area (TPSA) is 60.8 Å². The van der Waals surface area contributed by atoms with Gasteiger partial charge in [0, 0.05) is 18.8 Å². The fourth-order valence-corrected chi connectivity index (χ4v) is 2.52. The molecule has 2 N–H and O–H groups in total. The second-order valence-corrected chi connectivity index (χ2v) is 5.33. The first-order valence-electron chi connectivity index (χ1n) is 6.20. The number of anilines is 1. The van der Waals surface area contributed by atoms with Gasteiger partial charge in [0.25, 0.3) is 0 Å². The zero-order valence-corrected chi connectivity index (χ0v) is 10.8. The van der Waals surface area contributed by atoms with Crippen molar-refractivity contribution in [2.75, 3.05) is 18.0 Å². The van der Waals surface area contributed by atoms with Crippen LogP contribution >= 0.6 is 0 Å². The number of hydrogen-bond acceptors (Lipinski definition) is 3. The largest absolute Gasteiger partial charge is 0.478 e. The first-order chi connectivity index (χ1) is 8.39. The molecule has 4 heteroatoms. The molecule has 4 nitrogen and oxygen atoms in total. The smallest absolute Gasteiger partial charge is 0.335 e. The number of aliphatic hydroxyl groups is 1. The highest BCUT2D eigenvalue weighted by atomic mass is 16.4. The van der Waals surface area contributed by atoms with Crippen molar-refractivity contribution in [2.24, 2.45) is 0 Å². The molecule has 0 radical (unpaired) electrons. The van der Waals surface area contributed by atoms with Gasteiger partial charge in [-0.3, -0.25) is 0 Å². The molecule has 1 atom stereocenters. The highest BCUT2D eigenvalue weighted by Gasteiger charge is 2.28. The van der Waals surface area contributed by atoms with Gasteiger partial charge in [-0.25, -0.2) is 4.79 Å². The standard InChI is InChI=1S/C14H19NO3/c1-10-8-11(4-5-12(10)13(16)17)15-7-3-6-14(2,18)9-15/h4-5,8,18H,3,6-7,9H2,1-2H3,(H,16,17). The van der Waals surface area contributed by atoms with Gasteiger partial charge in [-0.2, -0.15) is 0 Å². The average molecular weight is 249 g/mol. The van der Waals surface area contributed by atoms with Crippen LogP contribution in [-0.4, -0.2) is 34.9 Å². The highest BCUT2D eigenvalue weighted by molar-refractivity contribution is 5.89. The van der Waals surface area contributed by atoms with E-state index in [2.05, 4.69) is 4.90 Å². The Labute approximate surface area is 107 Å². The molecular weight excluding hydrogens is 230 g/mol. The van der Waals surface area contributed by atoms with E-state index in [1.165, 1.54) is 0 Å². The van der Waals surface area contributed by atoms with Crippen molar-refractivity contribution in [3.8, 4) is 0 Å². The molecule has 2 rings (SSSR count). The maximum atomic E-state index is 11.0. The predicted molar refractivity (Wildman–Crippen MR) is 70.2 cm³/mol. The van der Waals surface area contributed by atoms with Gasteiger partial charge in [-0.1, -0.05) is 0 Å². The number of carbonyl (C=O) groups is 1. The fourth-order valence-electron chi connectivity index (χ4n) is 2.52. The third kappa shape index (κ3) is 2.64. The van der Waals surface area contributed by atoms with E-state index in [1.54, 1.807) is 13.0 Å². The predicted octanol–water partition coefficient (Wildman–Crippen LogP) is 2.04. The summed E-state index contributed by atoms with van der Waals surface area (Å²) in [6, 6.07) is 5.33. The van der Waals surface area contributed by atoms with E-state index < -0.39 is 11.6 Å². The number of carboxylic acid groups (broad SMARTS) is 1. The Morgan fingerprint density at radius 1 is 1.44 bits per heavy atom. The van der Waals surface area contributed by atoms with E-state index in [0.717, 1.165) is 30.6 Å². The monoisotopic (exact) mass is 249 g/mol. The molecule has 1 aromatic rings. The molecule has 1 saturated heterocycles. The van der Waals surface area contributed by atoms with Crippen LogP contribution in [0.15, 0.2) is 18.2 Å². The number of carboxylic acids is 1. The van der Waals surface area contributed by atoms with Crippen molar-refractivity contribution in [3.63, 3.8) is 0 Å². The third-order valence-corrected chi connectivity index (χ3v) is 3.48. The molecular formula is C14H19NO3. The minimum absolute atomic E-state index is 0.336. The van der Waals surface area contributed by atoms with Crippen molar-refractivity contribution in [3.05, 3.63) is 29.3 Å². The Bertz CT molecular complexity index is 468. The summed E-state index contributed by atoms with van der Waals surface area (Å²) in [6.45, 7) is 5.15. The Morgan fingerprint density at radius 3 is 2.72 bits per heavy atom. The molecule has 18 heavy (non-hydrogen) atoms. The number of nitrogens with zero attached hydrogens (tertiary/aromatic N) is 1. The summed E-state index contributed by atoms with van der Waals surface area (Å²) in [7, 11) is 0. The van der Waals surface area contributed by atoms with Gasteiger partial charge >= 0.3 is 5.97 Å². The Balaban J connectivity index is 2.24. The van der Waals surface area contributed by atoms with Crippen LogP contribution in [0.4, 0.5) is 5.69 Å². The molecule has 0 amide bonds. The SMILES string of the molecule is Cc1cc(N2CCCC(C)(O)C2)ccc1C(=O)O. The maximum absolute atomic E-state index is 11.0. The first kappa shape index (κ1) is 12.9. The van der Waals surface area contributed by atoms with Crippen molar-refractivity contribution in [1.82, 2.24) is 0 Å². The number of hydrogen-bond donors (Lipinski definition) is 2. The average Bonchev–Trinajstić information content (AvgIpc) is 2.27. The summed E-state index contributed by atoms with van der Waals surface area (Å²) in [5.74, 6) is -0.898. The fraction of sp³-hybridized carbons (Fsp3) is 0.500. The first-order valence-corrected chi connectivity index (χ1v) is 6.20. The van der Waals surface area contributed by atoms with Crippen LogP contribution < -0.4 is 4.90 Å². The van der Waals surface area contributed by atoms with Gasteiger partial charge in [-0.15, -0.1) is 0 Å². The molecule has 1 heterocycles. The van der Waals surface area contributed by atoms with E-state index >= 15 is 0 Å². The molecule has 1 aromatic carbocycles.